The molecule has 1 unspecified atom stereocenters. The summed E-state index contributed by atoms with van der Waals surface area (Å²) in [6, 6.07) is 13.3. The van der Waals surface area contributed by atoms with Crippen molar-refractivity contribution < 1.29 is 9.64 Å². The van der Waals surface area contributed by atoms with Crippen LogP contribution >= 0.6 is 15.9 Å². The highest BCUT2D eigenvalue weighted by molar-refractivity contribution is 9.10. The van der Waals surface area contributed by atoms with Crippen LogP contribution in [0.5, 0.6) is 5.75 Å². The van der Waals surface area contributed by atoms with E-state index in [9.17, 15) is 4.79 Å². The van der Waals surface area contributed by atoms with Gasteiger partial charge in [-0.05, 0) is 30.3 Å². The molecule has 0 saturated carbocycles. The van der Waals surface area contributed by atoms with Crippen molar-refractivity contribution in [3.63, 3.8) is 0 Å². The molecule has 1 heterocycles. The predicted octanol–water partition coefficient (Wildman–Crippen LogP) is 1.91. The van der Waals surface area contributed by atoms with Crippen molar-refractivity contribution in [3.8, 4) is 5.75 Å². The van der Waals surface area contributed by atoms with E-state index in [-0.39, 0.29) is 5.56 Å². The topological polar surface area (TPSA) is 59.4 Å². The van der Waals surface area contributed by atoms with Gasteiger partial charge >= 0.3 is 0 Å². The molecule has 3 aromatic rings. The molecule has 0 aliphatic carbocycles. The van der Waals surface area contributed by atoms with Crippen LogP contribution in [0.15, 0.2) is 51.7 Å². The smallest absolute Gasteiger partial charge is 0.258 e. The van der Waals surface area contributed by atoms with E-state index in [4.69, 9.17) is 4.74 Å². The van der Waals surface area contributed by atoms with Crippen LogP contribution in [0.4, 0.5) is 0 Å². The van der Waals surface area contributed by atoms with Crippen molar-refractivity contribution in [3.05, 3.63) is 68.7 Å². The maximum absolute atomic E-state index is 12.2. The summed E-state index contributed by atoms with van der Waals surface area (Å²) in [4.78, 5) is 20.8. The van der Waals surface area contributed by atoms with Crippen LogP contribution in [-0.4, -0.2) is 24.1 Å². The predicted molar refractivity (Wildman–Crippen MR) is 97.4 cm³/mol. The first kappa shape index (κ1) is 16.7. The van der Waals surface area contributed by atoms with Gasteiger partial charge in [0.1, 0.15) is 18.8 Å². The van der Waals surface area contributed by atoms with Gasteiger partial charge in [-0.3, -0.25) is 4.79 Å². The minimum absolute atomic E-state index is 0.0940. The molecule has 0 aliphatic rings. The van der Waals surface area contributed by atoms with Gasteiger partial charge in [0.25, 0.3) is 5.56 Å². The Kier molecular flexibility index (Phi) is 4.97. The number of nitrogens with one attached hydrogen (secondary N) is 2. The average Bonchev–Trinajstić information content (AvgIpc) is 2.55. The van der Waals surface area contributed by atoms with E-state index in [1.807, 2.05) is 30.3 Å². The summed E-state index contributed by atoms with van der Waals surface area (Å²) in [7, 11) is 3.74. The van der Waals surface area contributed by atoms with Gasteiger partial charge in [0.2, 0.25) is 0 Å². The van der Waals surface area contributed by atoms with Crippen LogP contribution in [0, 0.1) is 0 Å². The third-order valence-corrected chi connectivity index (χ3v) is 4.36. The molecule has 0 spiro atoms. The molecule has 3 rings (SSSR count). The Morgan fingerprint density at radius 3 is 2.79 bits per heavy atom. The van der Waals surface area contributed by atoms with Crippen molar-refractivity contribution in [2.45, 2.75) is 13.1 Å². The van der Waals surface area contributed by atoms with Gasteiger partial charge in [-0.25, -0.2) is 4.98 Å². The lowest BCUT2D eigenvalue weighted by molar-refractivity contribution is -0.908. The number of nitrogens with zero attached hydrogens (tertiary/aromatic N) is 1. The number of methoxy groups -OCH3 is 1. The zero-order valence-electron chi connectivity index (χ0n) is 13.6. The first-order valence-corrected chi connectivity index (χ1v) is 8.48. The van der Waals surface area contributed by atoms with Crippen LogP contribution in [0.25, 0.3) is 10.9 Å². The van der Waals surface area contributed by atoms with E-state index in [0.29, 0.717) is 17.8 Å². The average molecular weight is 389 g/mol. The third kappa shape index (κ3) is 3.66. The molecule has 2 aromatic carbocycles. The molecule has 24 heavy (non-hydrogen) atoms. The number of hydrogen-bond acceptors (Lipinski definition) is 3. The summed E-state index contributed by atoms with van der Waals surface area (Å²) >= 11 is 3.49. The molecule has 124 valence electrons. The standard InChI is InChI=1S/C18H18BrN3O2/c1-22(10-12-9-13(19)7-8-16(12)24-2)11-17-20-15-6-4-3-5-14(15)18(23)21-17/h3-9H,10-11H2,1-2H3,(H,20,21,23)/p+1. The first-order valence-electron chi connectivity index (χ1n) is 7.68. The number of halogens is 1. The van der Waals surface area contributed by atoms with E-state index < -0.39 is 0 Å². The van der Waals surface area contributed by atoms with E-state index in [0.717, 1.165) is 27.8 Å². The second-order valence-electron chi connectivity index (χ2n) is 5.80. The second-order valence-corrected chi connectivity index (χ2v) is 6.71. The summed E-state index contributed by atoms with van der Waals surface area (Å²) in [6.07, 6.45) is 0. The zero-order valence-corrected chi connectivity index (χ0v) is 15.2. The Morgan fingerprint density at radius 2 is 2.00 bits per heavy atom. The molecule has 1 aromatic heterocycles. The quantitative estimate of drug-likeness (QED) is 0.701. The highest BCUT2D eigenvalue weighted by Crippen LogP contribution is 2.22. The fourth-order valence-electron chi connectivity index (χ4n) is 2.78. The van der Waals surface area contributed by atoms with Crippen LogP contribution in [0.2, 0.25) is 0 Å². The van der Waals surface area contributed by atoms with Crippen LogP contribution in [0.1, 0.15) is 11.4 Å². The lowest BCUT2D eigenvalue weighted by Gasteiger charge is -2.16. The molecule has 0 saturated heterocycles. The largest absolute Gasteiger partial charge is 0.496 e. The van der Waals surface area contributed by atoms with Gasteiger partial charge < -0.3 is 14.6 Å². The van der Waals surface area contributed by atoms with Gasteiger partial charge in [-0.15, -0.1) is 0 Å². The number of benzene rings is 2. The summed E-state index contributed by atoms with van der Waals surface area (Å²) < 4.78 is 6.44. The number of aromatic amines is 1. The van der Waals surface area contributed by atoms with Gasteiger partial charge in [0, 0.05) is 10.0 Å². The number of aromatic nitrogens is 2. The number of fused-ring (bicyclic) bond motifs is 1. The lowest BCUT2D eigenvalue weighted by Crippen LogP contribution is -3.06. The molecule has 2 N–H and O–H groups in total. The third-order valence-electron chi connectivity index (χ3n) is 3.87. The SMILES string of the molecule is COc1ccc(Br)cc1C[NH+](C)Cc1nc2ccccc2c(=O)[nH]1. The monoisotopic (exact) mass is 388 g/mol. The van der Waals surface area contributed by atoms with Crippen molar-refractivity contribution in [2.24, 2.45) is 0 Å². The Balaban J connectivity index is 1.81. The number of H-pyrrole nitrogens is 1. The van der Waals surface area contributed by atoms with Gasteiger partial charge in [-0.2, -0.15) is 0 Å². The fourth-order valence-corrected chi connectivity index (χ4v) is 3.19. The molecule has 5 nitrogen and oxygen atoms in total. The van der Waals surface area contributed by atoms with Crippen LogP contribution < -0.4 is 15.2 Å². The van der Waals surface area contributed by atoms with Gasteiger partial charge in [0.15, 0.2) is 5.82 Å². The Hall–Kier alpha value is -2.18. The molecule has 0 fully saturated rings. The normalized spacial score (nSPS) is 12.3. The van der Waals surface area contributed by atoms with Crippen molar-refractivity contribution >= 4 is 26.8 Å². The van der Waals surface area contributed by atoms with Crippen molar-refractivity contribution in [1.82, 2.24) is 9.97 Å². The first-order chi connectivity index (χ1) is 11.6. The number of quaternary nitrogens is 1. The molecule has 0 aliphatic heterocycles. The zero-order chi connectivity index (χ0) is 17.1. The summed E-state index contributed by atoms with van der Waals surface area (Å²) in [5.74, 6) is 1.54. The summed E-state index contributed by atoms with van der Waals surface area (Å²) in [5.41, 5.74) is 1.74. The van der Waals surface area contributed by atoms with E-state index in [1.54, 1.807) is 13.2 Å². The maximum atomic E-state index is 12.2. The minimum atomic E-state index is -0.0940. The van der Waals surface area contributed by atoms with Crippen LogP contribution in [-0.2, 0) is 13.1 Å². The van der Waals surface area contributed by atoms with Gasteiger partial charge in [-0.1, -0.05) is 28.1 Å². The van der Waals surface area contributed by atoms with E-state index in [1.165, 1.54) is 4.90 Å². The van der Waals surface area contributed by atoms with Crippen LogP contribution in [0.3, 0.4) is 0 Å². The van der Waals surface area contributed by atoms with Gasteiger partial charge in [0.05, 0.1) is 25.1 Å². The number of hydrogen-bond donors (Lipinski definition) is 2. The Labute approximate surface area is 148 Å². The Morgan fingerprint density at radius 1 is 1.21 bits per heavy atom. The Bertz CT molecular complexity index is 924. The highest BCUT2D eigenvalue weighted by atomic mass is 79.9. The molecular formula is C18H19BrN3O2+. The molecular weight excluding hydrogens is 370 g/mol. The molecule has 1 atom stereocenters. The van der Waals surface area contributed by atoms with E-state index in [2.05, 4.69) is 39.0 Å². The molecule has 0 radical (unpaired) electrons. The van der Waals surface area contributed by atoms with E-state index >= 15 is 0 Å². The number of para-hydroxylation sites is 1. The summed E-state index contributed by atoms with van der Waals surface area (Å²) in [5, 5.41) is 0.618. The molecule has 6 heteroatoms. The lowest BCUT2D eigenvalue weighted by atomic mass is 10.2. The second kappa shape index (κ2) is 7.15. The molecule has 0 bridgehead atoms. The molecule has 0 amide bonds. The van der Waals surface area contributed by atoms with Crippen molar-refractivity contribution in [2.75, 3.05) is 14.2 Å². The maximum Gasteiger partial charge on any atom is 0.258 e. The fraction of sp³-hybridized carbons (Fsp3) is 0.222. The highest BCUT2D eigenvalue weighted by Gasteiger charge is 2.13. The van der Waals surface area contributed by atoms with Crippen molar-refractivity contribution in [1.29, 1.82) is 0 Å². The number of rotatable bonds is 5. The minimum Gasteiger partial charge on any atom is -0.496 e. The summed E-state index contributed by atoms with van der Waals surface area (Å²) in [6.45, 7) is 1.38. The number of ether oxygens (including phenoxy) is 1.